The summed E-state index contributed by atoms with van der Waals surface area (Å²) in [6.07, 6.45) is 2.45. The van der Waals surface area contributed by atoms with E-state index in [0.29, 0.717) is 12.1 Å². The molecular weight excluding hydrogens is 304 g/mol. The van der Waals surface area contributed by atoms with E-state index in [-0.39, 0.29) is 11.1 Å². The standard InChI is InChI=1S/C23H32N2/c1-17(2)24-22(4,5)21-13-9-10-19(16-21)18(3)25-23(14-15-23)20-11-7-6-8-12-20/h6-13,16-18,24-25H,14-15H2,1-5H3. The van der Waals surface area contributed by atoms with E-state index in [4.69, 9.17) is 0 Å². The average molecular weight is 337 g/mol. The van der Waals surface area contributed by atoms with Crippen molar-refractivity contribution in [2.24, 2.45) is 0 Å². The number of nitrogens with one attached hydrogen (secondary N) is 2. The summed E-state index contributed by atoms with van der Waals surface area (Å²) in [6.45, 7) is 11.2. The molecule has 1 unspecified atom stereocenters. The maximum absolute atomic E-state index is 3.90. The van der Waals surface area contributed by atoms with Gasteiger partial charge in [0.15, 0.2) is 0 Å². The monoisotopic (exact) mass is 336 g/mol. The first kappa shape index (κ1) is 18.2. The molecule has 0 spiro atoms. The Hall–Kier alpha value is -1.64. The minimum Gasteiger partial charge on any atom is -0.306 e. The molecule has 0 radical (unpaired) electrons. The highest BCUT2D eigenvalue weighted by atomic mass is 15.0. The molecular formula is C23H32N2. The van der Waals surface area contributed by atoms with Crippen LogP contribution in [0.5, 0.6) is 0 Å². The molecule has 134 valence electrons. The molecule has 2 aromatic carbocycles. The van der Waals surface area contributed by atoms with Crippen molar-refractivity contribution in [1.82, 2.24) is 10.6 Å². The SMILES string of the molecule is CC(C)NC(C)(C)c1cccc(C(C)NC2(c3ccccc3)CC2)c1. The van der Waals surface area contributed by atoms with Gasteiger partial charge >= 0.3 is 0 Å². The van der Waals surface area contributed by atoms with Gasteiger partial charge in [-0.15, -0.1) is 0 Å². The molecule has 0 heterocycles. The molecule has 0 amide bonds. The Balaban J connectivity index is 1.77. The van der Waals surface area contributed by atoms with Gasteiger partial charge < -0.3 is 10.6 Å². The highest BCUT2D eigenvalue weighted by Crippen LogP contribution is 2.47. The molecule has 1 fully saturated rings. The summed E-state index contributed by atoms with van der Waals surface area (Å²) in [7, 11) is 0. The van der Waals surface area contributed by atoms with Gasteiger partial charge in [0, 0.05) is 23.2 Å². The minimum atomic E-state index is -0.0272. The molecule has 1 atom stereocenters. The molecule has 0 saturated heterocycles. The van der Waals surface area contributed by atoms with Gasteiger partial charge in [0.1, 0.15) is 0 Å². The van der Waals surface area contributed by atoms with Gasteiger partial charge in [-0.25, -0.2) is 0 Å². The zero-order chi connectivity index (χ0) is 18.1. The van der Waals surface area contributed by atoms with E-state index in [1.165, 1.54) is 29.5 Å². The van der Waals surface area contributed by atoms with Crippen molar-refractivity contribution in [2.75, 3.05) is 0 Å². The lowest BCUT2D eigenvalue weighted by Crippen LogP contribution is -2.41. The van der Waals surface area contributed by atoms with Gasteiger partial charge in [-0.05, 0) is 50.3 Å². The zero-order valence-corrected chi connectivity index (χ0v) is 16.3. The van der Waals surface area contributed by atoms with Crippen LogP contribution < -0.4 is 10.6 Å². The van der Waals surface area contributed by atoms with Gasteiger partial charge in [-0.2, -0.15) is 0 Å². The first-order valence-corrected chi connectivity index (χ1v) is 9.54. The fourth-order valence-corrected chi connectivity index (χ4v) is 3.90. The van der Waals surface area contributed by atoms with Gasteiger partial charge in [0.2, 0.25) is 0 Å². The van der Waals surface area contributed by atoms with E-state index in [1.807, 2.05) is 0 Å². The van der Waals surface area contributed by atoms with E-state index in [2.05, 4.69) is 99.8 Å². The maximum atomic E-state index is 3.90. The second-order valence-electron chi connectivity index (χ2n) is 8.36. The Morgan fingerprint density at radius 1 is 0.920 bits per heavy atom. The van der Waals surface area contributed by atoms with Crippen molar-refractivity contribution < 1.29 is 0 Å². The number of hydrogen-bond donors (Lipinski definition) is 2. The summed E-state index contributed by atoms with van der Waals surface area (Å²) in [4.78, 5) is 0. The molecule has 0 aliphatic heterocycles. The quantitative estimate of drug-likeness (QED) is 0.720. The van der Waals surface area contributed by atoms with Gasteiger partial charge in [0.05, 0.1) is 0 Å². The molecule has 2 heteroatoms. The predicted molar refractivity (Wildman–Crippen MR) is 107 cm³/mol. The fourth-order valence-electron chi connectivity index (χ4n) is 3.90. The summed E-state index contributed by atoms with van der Waals surface area (Å²) in [5.74, 6) is 0. The number of benzene rings is 2. The lowest BCUT2D eigenvalue weighted by atomic mass is 9.90. The van der Waals surface area contributed by atoms with E-state index >= 15 is 0 Å². The van der Waals surface area contributed by atoms with Crippen LogP contribution in [0, 0.1) is 0 Å². The Morgan fingerprint density at radius 3 is 2.20 bits per heavy atom. The summed E-state index contributed by atoms with van der Waals surface area (Å²) >= 11 is 0. The molecule has 3 rings (SSSR count). The molecule has 1 saturated carbocycles. The van der Waals surface area contributed by atoms with Crippen LogP contribution in [-0.4, -0.2) is 6.04 Å². The van der Waals surface area contributed by atoms with Crippen LogP contribution in [0.2, 0.25) is 0 Å². The van der Waals surface area contributed by atoms with Gasteiger partial charge in [-0.3, -0.25) is 0 Å². The molecule has 1 aliphatic rings. The largest absolute Gasteiger partial charge is 0.306 e. The van der Waals surface area contributed by atoms with Crippen molar-refractivity contribution in [2.45, 2.75) is 70.6 Å². The molecule has 2 N–H and O–H groups in total. The Bertz CT molecular complexity index is 699. The topological polar surface area (TPSA) is 24.1 Å². The Morgan fingerprint density at radius 2 is 1.60 bits per heavy atom. The Kier molecular flexibility index (Phi) is 5.04. The molecule has 25 heavy (non-hydrogen) atoms. The summed E-state index contributed by atoms with van der Waals surface area (Å²) in [6, 6.07) is 20.7. The predicted octanol–water partition coefficient (Wildman–Crippen LogP) is 5.26. The Labute approximate surface area is 153 Å². The maximum Gasteiger partial charge on any atom is 0.0440 e. The highest BCUT2D eigenvalue weighted by Gasteiger charge is 2.44. The number of hydrogen-bond acceptors (Lipinski definition) is 2. The van der Waals surface area contributed by atoms with Crippen molar-refractivity contribution in [1.29, 1.82) is 0 Å². The normalized spacial score (nSPS) is 17.5. The van der Waals surface area contributed by atoms with Gasteiger partial charge in [-0.1, -0.05) is 68.4 Å². The third-order valence-electron chi connectivity index (χ3n) is 5.33. The first-order chi connectivity index (χ1) is 11.8. The van der Waals surface area contributed by atoms with E-state index in [1.54, 1.807) is 0 Å². The van der Waals surface area contributed by atoms with Crippen molar-refractivity contribution in [3.63, 3.8) is 0 Å². The molecule has 2 nitrogen and oxygen atoms in total. The van der Waals surface area contributed by atoms with Crippen LogP contribution in [0.1, 0.15) is 70.2 Å². The van der Waals surface area contributed by atoms with Crippen LogP contribution in [0.25, 0.3) is 0 Å². The highest BCUT2D eigenvalue weighted by molar-refractivity contribution is 5.34. The van der Waals surface area contributed by atoms with Crippen LogP contribution in [0.3, 0.4) is 0 Å². The third kappa shape index (κ3) is 4.13. The first-order valence-electron chi connectivity index (χ1n) is 9.54. The van der Waals surface area contributed by atoms with Crippen LogP contribution in [0.4, 0.5) is 0 Å². The van der Waals surface area contributed by atoms with Crippen molar-refractivity contribution in [3.05, 3.63) is 71.3 Å². The molecule has 0 aromatic heterocycles. The summed E-state index contributed by atoms with van der Waals surface area (Å²) < 4.78 is 0. The van der Waals surface area contributed by atoms with Gasteiger partial charge in [0.25, 0.3) is 0 Å². The fraction of sp³-hybridized carbons (Fsp3) is 0.478. The van der Waals surface area contributed by atoms with E-state index < -0.39 is 0 Å². The van der Waals surface area contributed by atoms with Crippen LogP contribution in [0.15, 0.2) is 54.6 Å². The lowest BCUT2D eigenvalue weighted by Gasteiger charge is -2.31. The van der Waals surface area contributed by atoms with Crippen molar-refractivity contribution in [3.8, 4) is 0 Å². The second-order valence-corrected chi connectivity index (χ2v) is 8.36. The van der Waals surface area contributed by atoms with Crippen LogP contribution in [-0.2, 0) is 11.1 Å². The summed E-state index contributed by atoms with van der Waals surface area (Å²) in [5, 5.41) is 7.57. The summed E-state index contributed by atoms with van der Waals surface area (Å²) in [5.41, 5.74) is 4.26. The minimum absolute atomic E-state index is 0.0272. The molecule has 1 aliphatic carbocycles. The second kappa shape index (κ2) is 6.93. The van der Waals surface area contributed by atoms with E-state index in [0.717, 1.165) is 0 Å². The average Bonchev–Trinajstić information content (AvgIpc) is 3.35. The molecule has 0 bridgehead atoms. The number of rotatable bonds is 7. The smallest absolute Gasteiger partial charge is 0.0440 e. The molecule has 2 aromatic rings. The lowest BCUT2D eigenvalue weighted by molar-refractivity contribution is 0.365. The van der Waals surface area contributed by atoms with Crippen LogP contribution >= 0.6 is 0 Å². The zero-order valence-electron chi connectivity index (χ0n) is 16.3. The van der Waals surface area contributed by atoms with Crippen molar-refractivity contribution >= 4 is 0 Å². The third-order valence-corrected chi connectivity index (χ3v) is 5.33. The van der Waals surface area contributed by atoms with E-state index in [9.17, 15) is 0 Å².